The maximum absolute atomic E-state index is 11.4. The molecule has 0 aliphatic carbocycles. The molecule has 1 fully saturated rings. The molecule has 0 bridgehead atoms. The van der Waals surface area contributed by atoms with E-state index >= 15 is 0 Å². The minimum Gasteiger partial charge on any atom is -0.489 e. The summed E-state index contributed by atoms with van der Waals surface area (Å²) < 4.78 is 5.68. The Morgan fingerprint density at radius 1 is 1.00 bits per heavy atom. The summed E-state index contributed by atoms with van der Waals surface area (Å²) in [6.07, 6.45) is 1.60. The van der Waals surface area contributed by atoms with Crippen LogP contribution in [0.5, 0.6) is 5.75 Å². The monoisotopic (exact) mass is 328 g/mol. The normalized spacial score (nSPS) is 15.4. The van der Waals surface area contributed by atoms with Crippen LogP contribution in [0.3, 0.4) is 0 Å². The number of benzene rings is 2. The number of hydrogen-bond donors (Lipinski definition) is 2. The molecule has 0 atom stereocenters. The molecule has 23 heavy (non-hydrogen) atoms. The lowest BCUT2D eigenvalue weighted by Gasteiger charge is -2.08. The average Bonchev–Trinajstić information content (AvgIpc) is 2.85. The highest BCUT2D eigenvalue weighted by atomic mass is 35.5. The van der Waals surface area contributed by atoms with Crippen molar-refractivity contribution in [1.29, 1.82) is 0 Å². The van der Waals surface area contributed by atoms with Crippen LogP contribution >= 0.6 is 11.6 Å². The fourth-order valence-electron chi connectivity index (χ4n) is 2.09. The molecule has 2 N–H and O–H groups in total. The van der Waals surface area contributed by atoms with Crippen molar-refractivity contribution in [2.75, 3.05) is 0 Å². The maximum atomic E-state index is 11.4. The summed E-state index contributed by atoms with van der Waals surface area (Å²) in [4.78, 5) is 22.5. The number of halogens is 1. The molecule has 1 saturated heterocycles. The number of hydrogen-bond acceptors (Lipinski definition) is 3. The van der Waals surface area contributed by atoms with Crippen molar-refractivity contribution in [2.24, 2.45) is 0 Å². The van der Waals surface area contributed by atoms with Crippen LogP contribution in [0, 0.1) is 0 Å². The van der Waals surface area contributed by atoms with E-state index in [1.165, 1.54) is 0 Å². The highest BCUT2D eigenvalue weighted by Crippen LogP contribution is 2.19. The van der Waals surface area contributed by atoms with Crippen molar-refractivity contribution in [2.45, 2.75) is 6.61 Å². The van der Waals surface area contributed by atoms with E-state index in [1.807, 2.05) is 24.3 Å². The second kappa shape index (κ2) is 6.54. The first kappa shape index (κ1) is 15.1. The van der Waals surface area contributed by atoms with E-state index in [4.69, 9.17) is 16.3 Å². The number of rotatable bonds is 4. The smallest absolute Gasteiger partial charge is 0.326 e. The van der Waals surface area contributed by atoms with E-state index in [1.54, 1.807) is 30.3 Å². The van der Waals surface area contributed by atoms with E-state index < -0.39 is 11.9 Å². The Morgan fingerprint density at radius 3 is 2.39 bits per heavy atom. The highest BCUT2D eigenvalue weighted by molar-refractivity contribution is 6.31. The fourth-order valence-corrected chi connectivity index (χ4v) is 2.28. The molecule has 0 spiro atoms. The Labute approximate surface area is 137 Å². The summed E-state index contributed by atoms with van der Waals surface area (Å²) >= 11 is 6.08. The van der Waals surface area contributed by atoms with Gasteiger partial charge in [0.2, 0.25) is 0 Å². The Kier molecular flexibility index (Phi) is 4.30. The van der Waals surface area contributed by atoms with Crippen molar-refractivity contribution >= 4 is 29.6 Å². The van der Waals surface area contributed by atoms with E-state index in [0.717, 1.165) is 11.1 Å². The first-order valence-electron chi connectivity index (χ1n) is 6.92. The molecule has 1 heterocycles. The van der Waals surface area contributed by atoms with E-state index in [0.29, 0.717) is 17.4 Å². The zero-order chi connectivity index (χ0) is 16.2. The fraction of sp³-hybridized carbons (Fsp3) is 0.0588. The number of carbonyl (C=O) groups excluding carboxylic acids is 2. The second-order valence-corrected chi connectivity index (χ2v) is 5.32. The van der Waals surface area contributed by atoms with E-state index in [2.05, 4.69) is 10.6 Å². The summed E-state index contributed by atoms with van der Waals surface area (Å²) in [5, 5.41) is 5.25. The minimum absolute atomic E-state index is 0.222. The third-order valence-corrected chi connectivity index (χ3v) is 3.63. The molecule has 5 nitrogen and oxygen atoms in total. The lowest BCUT2D eigenvalue weighted by Crippen LogP contribution is -2.22. The summed E-state index contributed by atoms with van der Waals surface area (Å²) in [5.41, 5.74) is 1.91. The largest absolute Gasteiger partial charge is 0.489 e. The lowest BCUT2D eigenvalue weighted by molar-refractivity contribution is -0.115. The maximum Gasteiger partial charge on any atom is 0.326 e. The topological polar surface area (TPSA) is 67.4 Å². The standard InChI is InChI=1S/C17H13ClN2O3/c18-14-4-2-1-3-12(14)10-23-13-7-5-11(6-8-13)9-15-16(21)20-17(22)19-15/h1-9H,10H2,(H2,19,20,21,22)/b15-9-. The molecular weight excluding hydrogens is 316 g/mol. The third kappa shape index (κ3) is 3.70. The van der Waals surface area contributed by atoms with Crippen LogP contribution in [0.2, 0.25) is 5.02 Å². The van der Waals surface area contributed by atoms with Gasteiger partial charge in [-0.3, -0.25) is 10.1 Å². The molecule has 116 valence electrons. The first-order valence-corrected chi connectivity index (χ1v) is 7.30. The van der Waals surface area contributed by atoms with Crippen molar-refractivity contribution < 1.29 is 14.3 Å². The third-order valence-electron chi connectivity index (χ3n) is 3.26. The van der Waals surface area contributed by atoms with Gasteiger partial charge in [-0.2, -0.15) is 0 Å². The Bertz CT molecular complexity index is 785. The van der Waals surface area contributed by atoms with Crippen LogP contribution in [0.25, 0.3) is 6.08 Å². The summed E-state index contributed by atoms with van der Waals surface area (Å²) in [7, 11) is 0. The van der Waals surface area contributed by atoms with Crippen LogP contribution in [0.15, 0.2) is 54.2 Å². The van der Waals surface area contributed by atoms with Gasteiger partial charge in [-0.15, -0.1) is 0 Å². The van der Waals surface area contributed by atoms with Gasteiger partial charge in [0.1, 0.15) is 18.1 Å². The van der Waals surface area contributed by atoms with Crippen LogP contribution in [0.1, 0.15) is 11.1 Å². The van der Waals surface area contributed by atoms with Gasteiger partial charge in [0.05, 0.1) is 0 Å². The van der Waals surface area contributed by atoms with Crippen molar-refractivity contribution in [3.8, 4) is 5.75 Å². The van der Waals surface area contributed by atoms with Crippen LogP contribution in [-0.4, -0.2) is 11.9 Å². The predicted molar refractivity (Wildman–Crippen MR) is 86.9 cm³/mol. The van der Waals surface area contributed by atoms with E-state index in [-0.39, 0.29) is 5.70 Å². The molecule has 3 rings (SSSR count). The van der Waals surface area contributed by atoms with Crippen molar-refractivity contribution in [3.05, 3.63) is 70.4 Å². The van der Waals surface area contributed by atoms with Gasteiger partial charge >= 0.3 is 6.03 Å². The molecular formula is C17H13ClN2O3. The second-order valence-electron chi connectivity index (χ2n) is 4.92. The quantitative estimate of drug-likeness (QED) is 0.669. The molecule has 6 heteroatoms. The molecule has 0 unspecified atom stereocenters. The number of ether oxygens (including phenoxy) is 1. The van der Waals surface area contributed by atoms with Gasteiger partial charge in [0.25, 0.3) is 5.91 Å². The minimum atomic E-state index is -0.513. The molecule has 2 aromatic rings. The zero-order valence-corrected chi connectivity index (χ0v) is 12.8. The molecule has 0 saturated carbocycles. The lowest BCUT2D eigenvalue weighted by atomic mass is 10.2. The Balaban J connectivity index is 1.66. The van der Waals surface area contributed by atoms with E-state index in [9.17, 15) is 9.59 Å². The van der Waals surface area contributed by atoms with Gasteiger partial charge in [-0.25, -0.2) is 4.79 Å². The summed E-state index contributed by atoms with van der Waals surface area (Å²) in [5.74, 6) is 0.251. The van der Waals surface area contributed by atoms with Crippen LogP contribution in [0.4, 0.5) is 4.79 Å². The number of amides is 3. The number of urea groups is 1. The van der Waals surface area contributed by atoms with Gasteiger partial charge in [-0.05, 0) is 29.8 Å². The molecule has 0 radical (unpaired) electrons. The molecule has 3 amide bonds. The number of nitrogens with one attached hydrogen (secondary N) is 2. The SMILES string of the molecule is O=C1NC(=O)/C(=C/c2ccc(OCc3ccccc3Cl)cc2)N1. The van der Waals surface area contributed by atoms with Gasteiger partial charge in [0.15, 0.2) is 0 Å². The van der Waals surface area contributed by atoms with Gasteiger partial charge < -0.3 is 10.1 Å². The first-order chi connectivity index (χ1) is 11.1. The molecule has 1 aliphatic rings. The van der Waals surface area contributed by atoms with Crippen molar-refractivity contribution in [1.82, 2.24) is 10.6 Å². The van der Waals surface area contributed by atoms with Crippen LogP contribution < -0.4 is 15.4 Å². The zero-order valence-electron chi connectivity index (χ0n) is 12.0. The summed E-state index contributed by atoms with van der Waals surface area (Å²) in [6, 6.07) is 14.2. The Hall–Kier alpha value is -2.79. The molecule has 0 aromatic heterocycles. The average molecular weight is 329 g/mol. The van der Waals surface area contributed by atoms with Crippen LogP contribution in [-0.2, 0) is 11.4 Å². The van der Waals surface area contributed by atoms with Gasteiger partial charge in [-0.1, -0.05) is 41.9 Å². The van der Waals surface area contributed by atoms with Crippen molar-refractivity contribution in [3.63, 3.8) is 0 Å². The van der Waals surface area contributed by atoms with Gasteiger partial charge in [0, 0.05) is 10.6 Å². The molecule has 2 aromatic carbocycles. The summed E-state index contributed by atoms with van der Waals surface area (Å²) in [6.45, 7) is 0.374. The highest BCUT2D eigenvalue weighted by Gasteiger charge is 2.22. The Morgan fingerprint density at radius 2 is 1.74 bits per heavy atom. The number of imide groups is 1. The number of carbonyl (C=O) groups is 2. The molecule has 1 aliphatic heterocycles. The predicted octanol–water partition coefficient (Wildman–Crippen LogP) is 3.10.